The van der Waals surface area contributed by atoms with E-state index in [4.69, 9.17) is 0 Å². The van der Waals surface area contributed by atoms with Gasteiger partial charge in [-0.15, -0.1) is 0 Å². The summed E-state index contributed by atoms with van der Waals surface area (Å²) in [5.74, 6) is 0.297. The lowest BCUT2D eigenvalue weighted by molar-refractivity contribution is 0.197. The lowest BCUT2D eigenvalue weighted by Gasteiger charge is -2.17. The molecule has 1 aromatic carbocycles. The van der Waals surface area contributed by atoms with Crippen molar-refractivity contribution in [3.05, 3.63) is 64.5 Å². The van der Waals surface area contributed by atoms with Crippen LogP contribution in [0.3, 0.4) is 0 Å². The molecule has 3 aromatic rings. The molecule has 1 saturated heterocycles. The predicted molar refractivity (Wildman–Crippen MR) is 103 cm³/mol. The molecule has 2 N–H and O–H groups in total. The van der Waals surface area contributed by atoms with Gasteiger partial charge in [-0.2, -0.15) is 11.3 Å². The number of carbonyl (C=O) groups is 1. The van der Waals surface area contributed by atoms with E-state index in [0.29, 0.717) is 19.6 Å². The van der Waals surface area contributed by atoms with Crippen LogP contribution < -0.4 is 5.32 Å². The van der Waals surface area contributed by atoms with Crippen LogP contribution in [0.15, 0.2) is 53.4 Å². The van der Waals surface area contributed by atoms with Gasteiger partial charge in [0, 0.05) is 49.7 Å². The SMILES string of the molecule is O=C(NCc1cccc2cccnc12)N1C[C@@H](CO)[C@H](c2ccsc2)C1. The molecule has 26 heavy (non-hydrogen) atoms. The molecule has 0 radical (unpaired) electrons. The summed E-state index contributed by atoms with van der Waals surface area (Å²) in [6, 6.07) is 11.9. The lowest BCUT2D eigenvalue weighted by atomic mass is 9.92. The first kappa shape index (κ1) is 17.0. The zero-order valence-electron chi connectivity index (χ0n) is 14.3. The molecule has 2 amide bonds. The van der Waals surface area contributed by atoms with Crippen molar-refractivity contribution in [3.63, 3.8) is 0 Å². The highest BCUT2D eigenvalue weighted by Crippen LogP contribution is 2.33. The van der Waals surface area contributed by atoms with Crippen LogP contribution >= 0.6 is 11.3 Å². The Morgan fingerprint density at radius 3 is 2.96 bits per heavy atom. The minimum absolute atomic E-state index is 0.0888. The Bertz CT molecular complexity index is 892. The number of nitrogens with zero attached hydrogens (tertiary/aromatic N) is 2. The average molecular weight is 367 g/mol. The van der Waals surface area contributed by atoms with Gasteiger partial charge in [0.1, 0.15) is 0 Å². The highest BCUT2D eigenvalue weighted by Gasteiger charge is 2.35. The van der Waals surface area contributed by atoms with E-state index in [2.05, 4.69) is 21.7 Å². The van der Waals surface area contributed by atoms with Crippen LogP contribution in [0.25, 0.3) is 10.9 Å². The largest absolute Gasteiger partial charge is 0.396 e. The Morgan fingerprint density at radius 1 is 1.27 bits per heavy atom. The number of fused-ring (bicyclic) bond motifs is 1. The number of hydrogen-bond donors (Lipinski definition) is 2. The standard InChI is InChI=1S/C20H21N3O2S/c24-12-17-10-23(11-18(17)16-6-8-26-13-16)20(25)22-9-15-4-1-3-14-5-2-7-21-19(14)15/h1-8,13,17-18,24H,9-12H2,(H,22,25)/t17-,18-/m0/s1. The van der Waals surface area contributed by atoms with Crippen molar-refractivity contribution in [2.24, 2.45) is 5.92 Å². The van der Waals surface area contributed by atoms with Gasteiger partial charge in [-0.25, -0.2) is 4.79 Å². The molecule has 1 aliphatic rings. The van der Waals surface area contributed by atoms with E-state index in [-0.39, 0.29) is 24.5 Å². The topological polar surface area (TPSA) is 65.5 Å². The number of urea groups is 1. The van der Waals surface area contributed by atoms with Gasteiger partial charge in [0.2, 0.25) is 0 Å². The maximum absolute atomic E-state index is 12.6. The van der Waals surface area contributed by atoms with Crippen LogP contribution in [0, 0.1) is 5.92 Å². The van der Waals surface area contributed by atoms with Crippen LogP contribution in [-0.2, 0) is 6.54 Å². The maximum atomic E-state index is 12.6. The normalized spacial score (nSPS) is 19.8. The molecule has 1 aliphatic heterocycles. The number of carbonyl (C=O) groups excluding carboxylic acids is 1. The first-order chi connectivity index (χ1) is 12.8. The fourth-order valence-electron chi connectivity index (χ4n) is 3.68. The summed E-state index contributed by atoms with van der Waals surface area (Å²) in [4.78, 5) is 18.9. The number of para-hydroxylation sites is 1. The molecule has 0 aliphatic carbocycles. The third kappa shape index (κ3) is 3.30. The summed E-state index contributed by atoms with van der Waals surface area (Å²) in [6.45, 7) is 1.76. The summed E-state index contributed by atoms with van der Waals surface area (Å²) in [5, 5.41) is 17.9. The van der Waals surface area contributed by atoms with E-state index in [1.54, 1.807) is 17.5 Å². The maximum Gasteiger partial charge on any atom is 0.317 e. The average Bonchev–Trinajstić information content (AvgIpc) is 3.35. The van der Waals surface area contributed by atoms with Crippen molar-refractivity contribution in [2.75, 3.05) is 19.7 Å². The quantitative estimate of drug-likeness (QED) is 0.744. The van der Waals surface area contributed by atoms with Crippen LogP contribution in [0.5, 0.6) is 0 Å². The first-order valence-electron chi connectivity index (χ1n) is 8.74. The van der Waals surface area contributed by atoms with Crippen molar-refractivity contribution in [1.29, 1.82) is 0 Å². The van der Waals surface area contributed by atoms with Gasteiger partial charge in [-0.05, 0) is 34.0 Å². The summed E-state index contributed by atoms with van der Waals surface area (Å²) >= 11 is 1.65. The second-order valence-electron chi connectivity index (χ2n) is 6.66. The van der Waals surface area contributed by atoms with E-state index in [1.807, 2.05) is 40.6 Å². The number of aromatic nitrogens is 1. The number of amides is 2. The number of thiophene rings is 1. The molecule has 6 heteroatoms. The van der Waals surface area contributed by atoms with Crippen molar-refractivity contribution in [2.45, 2.75) is 12.5 Å². The minimum Gasteiger partial charge on any atom is -0.396 e. The number of pyridine rings is 1. The van der Waals surface area contributed by atoms with E-state index in [0.717, 1.165) is 16.5 Å². The zero-order valence-corrected chi connectivity index (χ0v) is 15.2. The predicted octanol–water partition coefficient (Wildman–Crippen LogP) is 3.21. The molecule has 2 atom stereocenters. The van der Waals surface area contributed by atoms with Gasteiger partial charge in [-0.1, -0.05) is 24.3 Å². The molecule has 0 spiro atoms. The molecule has 4 rings (SSSR count). The summed E-state index contributed by atoms with van der Waals surface area (Å²) < 4.78 is 0. The molecule has 2 aromatic heterocycles. The number of hydrogen-bond acceptors (Lipinski definition) is 4. The molecule has 1 fully saturated rings. The second kappa shape index (κ2) is 7.43. The minimum atomic E-state index is -0.0888. The van der Waals surface area contributed by atoms with Gasteiger partial charge < -0.3 is 15.3 Å². The smallest absolute Gasteiger partial charge is 0.317 e. The van der Waals surface area contributed by atoms with E-state index in [1.165, 1.54) is 5.56 Å². The lowest BCUT2D eigenvalue weighted by Crippen LogP contribution is -2.38. The Labute approximate surface area is 156 Å². The number of benzene rings is 1. The molecule has 0 bridgehead atoms. The highest BCUT2D eigenvalue weighted by molar-refractivity contribution is 7.08. The summed E-state index contributed by atoms with van der Waals surface area (Å²) in [5.41, 5.74) is 3.13. The zero-order chi connectivity index (χ0) is 17.9. The van der Waals surface area contributed by atoms with Crippen molar-refractivity contribution < 1.29 is 9.90 Å². The van der Waals surface area contributed by atoms with Crippen LogP contribution in [0.1, 0.15) is 17.0 Å². The van der Waals surface area contributed by atoms with Crippen molar-refractivity contribution in [1.82, 2.24) is 15.2 Å². The highest BCUT2D eigenvalue weighted by atomic mass is 32.1. The molecule has 0 unspecified atom stereocenters. The number of rotatable bonds is 4. The fraction of sp³-hybridized carbons (Fsp3) is 0.300. The molecule has 3 heterocycles. The van der Waals surface area contributed by atoms with Crippen molar-refractivity contribution >= 4 is 28.3 Å². The van der Waals surface area contributed by atoms with Gasteiger partial charge in [-0.3, -0.25) is 4.98 Å². The van der Waals surface area contributed by atoms with Crippen LogP contribution in [0.2, 0.25) is 0 Å². The molecule has 134 valence electrons. The fourth-order valence-corrected chi connectivity index (χ4v) is 4.40. The molecule has 5 nitrogen and oxygen atoms in total. The second-order valence-corrected chi connectivity index (χ2v) is 7.44. The van der Waals surface area contributed by atoms with E-state index < -0.39 is 0 Å². The van der Waals surface area contributed by atoms with E-state index >= 15 is 0 Å². The Balaban J connectivity index is 1.44. The number of likely N-dealkylation sites (tertiary alicyclic amines) is 1. The molecular weight excluding hydrogens is 346 g/mol. The van der Waals surface area contributed by atoms with Gasteiger partial charge in [0.25, 0.3) is 0 Å². The third-order valence-electron chi connectivity index (χ3n) is 5.08. The number of nitrogens with one attached hydrogen (secondary N) is 1. The van der Waals surface area contributed by atoms with Gasteiger partial charge >= 0.3 is 6.03 Å². The number of aliphatic hydroxyl groups excluding tert-OH is 1. The molecule has 0 saturated carbocycles. The van der Waals surface area contributed by atoms with Crippen LogP contribution in [0.4, 0.5) is 4.79 Å². The van der Waals surface area contributed by atoms with Gasteiger partial charge in [0.05, 0.1) is 5.52 Å². The third-order valence-corrected chi connectivity index (χ3v) is 5.78. The van der Waals surface area contributed by atoms with Crippen molar-refractivity contribution in [3.8, 4) is 0 Å². The van der Waals surface area contributed by atoms with Crippen LogP contribution in [-0.4, -0.2) is 40.7 Å². The monoisotopic (exact) mass is 367 g/mol. The Hall–Kier alpha value is -2.44. The molecular formula is C20H21N3O2S. The Morgan fingerprint density at radius 2 is 2.15 bits per heavy atom. The summed E-state index contributed by atoms with van der Waals surface area (Å²) in [6.07, 6.45) is 1.77. The van der Waals surface area contributed by atoms with E-state index in [9.17, 15) is 9.90 Å². The first-order valence-corrected chi connectivity index (χ1v) is 9.69. The summed E-state index contributed by atoms with van der Waals surface area (Å²) in [7, 11) is 0. The van der Waals surface area contributed by atoms with Gasteiger partial charge in [0.15, 0.2) is 0 Å². The number of aliphatic hydroxyl groups is 1. The Kier molecular flexibility index (Phi) is 4.86.